The van der Waals surface area contributed by atoms with E-state index in [2.05, 4.69) is 10.3 Å². The van der Waals surface area contributed by atoms with Crippen molar-refractivity contribution >= 4 is 33.5 Å². The van der Waals surface area contributed by atoms with Crippen molar-refractivity contribution in [3.8, 4) is 0 Å². The van der Waals surface area contributed by atoms with Crippen LogP contribution in [0.25, 0.3) is 10.2 Å². The first-order valence-corrected chi connectivity index (χ1v) is 7.55. The molecule has 0 fully saturated rings. The Bertz CT molecular complexity index is 717. The van der Waals surface area contributed by atoms with Crippen molar-refractivity contribution in [2.45, 2.75) is 19.3 Å². The standard InChI is InChI=1S/C14H18N4O2S/c1-18-10-6-2-3-7-11(10)21-14(18)17-12(19)8-4-5-9-16-13(15)20/h2-3,6-7H,4-5,8-9H2,1H3,(H3,15,16,20). The van der Waals surface area contributed by atoms with Crippen molar-refractivity contribution in [1.29, 1.82) is 0 Å². The van der Waals surface area contributed by atoms with Crippen LogP contribution in [-0.4, -0.2) is 23.1 Å². The van der Waals surface area contributed by atoms with Gasteiger partial charge >= 0.3 is 6.03 Å². The number of para-hydroxylation sites is 1. The first kappa shape index (κ1) is 15.2. The lowest BCUT2D eigenvalue weighted by Crippen LogP contribution is -2.30. The molecule has 0 spiro atoms. The van der Waals surface area contributed by atoms with Crippen LogP contribution in [0.1, 0.15) is 19.3 Å². The number of aryl methyl sites for hydroxylation is 1. The molecule has 1 aromatic carbocycles. The molecule has 0 bridgehead atoms. The highest BCUT2D eigenvalue weighted by Crippen LogP contribution is 2.15. The summed E-state index contributed by atoms with van der Waals surface area (Å²) in [7, 11) is 1.90. The van der Waals surface area contributed by atoms with Crippen molar-refractivity contribution in [2.24, 2.45) is 17.8 Å². The molecule has 21 heavy (non-hydrogen) atoms. The molecule has 2 aromatic rings. The number of primary amides is 1. The van der Waals surface area contributed by atoms with Crippen molar-refractivity contribution in [2.75, 3.05) is 6.54 Å². The van der Waals surface area contributed by atoms with Gasteiger partial charge in [-0.15, -0.1) is 0 Å². The third kappa shape index (κ3) is 4.16. The van der Waals surface area contributed by atoms with Crippen LogP contribution in [0, 0.1) is 0 Å². The number of aromatic nitrogens is 1. The Morgan fingerprint density at radius 2 is 2.10 bits per heavy atom. The topological polar surface area (TPSA) is 89.5 Å². The number of thiazole rings is 1. The average Bonchev–Trinajstić information content (AvgIpc) is 2.75. The molecule has 0 atom stereocenters. The molecule has 0 aliphatic rings. The Kier molecular flexibility index (Phi) is 5.10. The van der Waals surface area contributed by atoms with Crippen LogP contribution >= 0.6 is 11.3 Å². The van der Waals surface area contributed by atoms with Gasteiger partial charge in [0.25, 0.3) is 0 Å². The predicted octanol–water partition coefficient (Wildman–Crippen LogP) is 1.51. The Morgan fingerprint density at radius 1 is 1.33 bits per heavy atom. The first-order valence-electron chi connectivity index (χ1n) is 6.73. The van der Waals surface area contributed by atoms with Gasteiger partial charge in [0.2, 0.25) is 5.91 Å². The number of nitrogens with two attached hydrogens (primary N) is 1. The summed E-state index contributed by atoms with van der Waals surface area (Å²) in [4.78, 5) is 27.2. The molecule has 0 saturated heterocycles. The van der Waals surface area contributed by atoms with Crippen molar-refractivity contribution in [1.82, 2.24) is 9.88 Å². The number of rotatable bonds is 5. The van der Waals surface area contributed by atoms with Gasteiger partial charge in [-0.1, -0.05) is 23.5 Å². The summed E-state index contributed by atoms with van der Waals surface area (Å²) >= 11 is 1.50. The third-order valence-electron chi connectivity index (χ3n) is 3.05. The average molecular weight is 306 g/mol. The third-order valence-corrected chi connectivity index (χ3v) is 4.16. The zero-order valence-corrected chi connectivity index (χ0v) is 12.7. The van der Waals surface area contributed by atoms with Crippen LogP contribution < -0.4 is 15.9 Å². The highest BCUT2D eigenvalue weighted by atomic mass is 32.1. The fraction of sp³-hybridized carbons (Fsp3) is 0.357. The second kappa shape index (κ2) is 7.03. The zero-order chi connectivity index (χ0) is 15.2. The minimum absolute atomic E-state index is 0.142. The van der Waals surface area contributed by atoms with E-state index < -0.39 is 6.03 Å². The monoisotopic (exact) mass is 306 g/mol. The van der Waals surface area contributed by atoms with Crippen molar-refractivity contribution < 1.29 is 9.59 Å². The molecule has 0 radical (unpaired) electrons. The first-order chi connectivity index (χ1) is 10.1. The Balaban J connectivity index is 1.96. The summed E-state index contributed by atoms with van der Waals surface area (Å²) in [5.41, 5.74) is 6.02. The van der Waals surface area contributed by atoms with Gasteiger partial charge in [-0.05, 0) is 25.0 Å². The number of urea groups is 1. The summed E-state index contributed by atoms with van der Waals surface area (Å²) in [6.45, 7) is 0.485. The van der Waals surface area contributed by atoms with Crippen LogP contribution in [0.15, 0.2) is 29.3 Å². The summed E-state index contributed by atoms with van der Waals surface area (Å²) in [6, 6.07) is 7.41. The van der Waals surface area contributed by atoms with Crippen LogP contribution in [0.2, 0.25) is 0 Å². The van der Waals surface area contributed by atoms with Gasteiger partial charge in [0, 0.05) is 20.0 Å². The SMILES string of the molecule is Cn1c(=NC(=O)CCCCNC(N)=O)sc2ccccc21. The molecule has 3 N–H and O–H groups in total. The van der Waals surface area contributed by atoms with E-state index >= 15 is 0 Å². The highest BCUT2D eigenvalue weighted by Gasteiger charge is 2.04. The minimum atomic E-state index is -0.539. The van der Waals surface area contributed by atoms with E-state index in [0.29, 0.717) is 30.6 Å². The van der Waals surface area contributed by atoms with Gasteiger partial charge in [0.05, 0.1) is 10.2 Å². The molecular weight excluding hydrogens is 288 g/mol. The molecule has 1 heterocycles. The predicted molar refractivity (Wildman–Crippen MR) is 82.8 cm³/mol. The maximum absolute atomic E-state index is 11.9. The number of amides is 3. The maximum atomic E-state index is 11.9. The lowest BCUT2D eigenvalue weighted by molar-refractivity contribution is -0.118. The fourth-order valence-corrected chi connectivity index (χ4v) is 3.00. The number of nitrogens with zero attached hydrogens (tertiary/aromatic N) is 2. The number of hydrogen-bond donors (Lipinski definition) is 2. The van der Waals surface area contributed by atoms with Gasteiger partial charge in [0.1, 0.15) is 0 Å². The lowest BCUT2D eigenvalue weighted by atomic mass is 10.2. The minimum Gasteiger partial charge on any atom is -0.352 e. The molecular formula is C14H18N4O2S. The van der Waals surface area contributed by atoms with Gasteiger partial charge in [-0.2, -0.15) is 4.99 Å². The van der Waals surface area contributed by atoms with E-state index in [-0.39, 0.29) is 5.91 Å². The number of benzene rings is 1. The van der Waals surface area contributed by atoms with E-state index in [1.807, 2.05) is 35.9 Å². The van der Waals surface area contributed by atoms with E-state index in [9.17, 15) is 9.59 Å². The molecule has 0 saturated carbocycles. The quantitative estimate of drug-likeness (QED) is 0.820. The summed E-state index contributed by atoms with van der Waals surface area (Å²) < 4.78 is 3.03. The second-order valence-corrected chi connectivity index (χ2v) is 5.67. The normalized spacial score (nSPS) is 11.8. The Morgan fingerprint density at radius 3 is 2.81 bits per heavy atom. The summed E-state index contributed by atoms with van der Waals surface area (Å²) in [6.07, 6.45) is 1.76. The van der Waals surface area contributed by atoms with Gasteiger partial charge in [-0.25, -0.2) is 4.79 Å². The van der Waals surface area contributed by atoms with Gasteiger partial charge in [-0.3, -0.25) is 4.79 Å². The van der Waals surface area contributed by atoms with Crippen LogP contribution in [-0.2, 0) is 11.8 Å². The Hall–Kier alpha value is -2.15. The molecule has 0 aliphatic heterocycles. The molecule has 3 amide bonds. The molecule has 0 unspecified atom stereocenters. The van der Waals surface area contributed by atoms with E-state index in [4.69, 9.17) is 5.73 Å². The van der Waals surface area contributed by atoms with Crippen molar-refractivity contribution in [3.05, 3.63) is 29.1 Å². The molecule has 1 aromatic heterocycles. The molecule has 6 nitrogen and oxygen atoms in total. The maximum Gasteiger partial charge on any atom is 0.312 e. The summed E-state index contributed by atoms with van der Waals surface area (Å²) in [5, 5.41) is 2.49. The van der Waals surface area contributed by atoms with Crippen LogP contribution in [0.5, 0.6) is 0 Å². The number of unbranched alkanes of at least 4 members (excludes halogenated alkanes) is 1. The van der Waals surface area contributed by atoms with E-state index in [0.717, 1.165) is 10.2 Å². The zero-order valence-electron chi connectivity index (χ0n) is 11.8. The number of fused-ring (bicyclic) bond motifs is 1. The lowest BCUT2D eigenvalue weighted by Gasteiger charge is -1.99. The molecule has 7 heteroatoms. The molecule has 2 rings (SSSR count). The van der Waals surface area contributed by atoms with Crippen molar-refractivity contribution in [3.63, 3.8) is 0 Å². The number of carbonyl (C=O) groups is 2. The van der Waals surface area contributed by atoms with Gasteiger partial charge < -0.3 is 15.6 Å². The second-order valence-electron chi connectivity index (χ2n) is 4.67. The molecule has 112 valence electrons. The highest BCUT2D eigenvalue weighted by molar-refractivity contribution is 7.16. The largest absolute Gasteiger partial charge is 0.352 e. The van der Waals surface area contributed by atoms with Crippen LogP contribution in [0.4, 0.5) is 4.79 Å². The number of nitrogens with one attached hydrogen (secondary N) is 1. The van der Waals surface area contributed by atoms with E-state index in [1.165, 1.54) is 11.3 Å². The van der Waals surface area contributed by atoms with Gasteiger partial charge in [0.15, 0.2) is 4.80 Å². The summed E-state index contributed by atoms with van der Waals surface area (Å²) in [5.74, 6) is -0.142. The Labute approximate surface area is 126 Å². The fourth-order valence-electron chi connectivity index (χ4n) is 1.96. The number of carbonyl (C=O) groups excluding carboxylic acids is 2. The van der Waals surface area contributed by atoms with Crippen LogP contribution in [0.3, 0.4) is 0 Å². The molecule has 0 aliphatic carbocycles. The number of hydrogen-bond acceptors (Lipinski definition) is 3. The smallest absolute Gasteiger partial charge is 0.312 e. The van der Waals surface area contributed by atoms with E-state index in [1.54, 1.807) is 0 Å².